The number of aryl methyl sites for hydroxylation is 1. The number of hydrogen-bond donors (Lipinski definition) is 1. The molecule has 0 aliphatic carbocycles. The predicted molar refractivity (Wildman–Crippen MR) is 74.9 cm³/mol. The lowest BCUT2D eigenvalue weighted by molar-refractivity contribution is -0.126. The van der Waals surface area contributed by atoms with Crippen LogP contribution in [-0.2, 0) is 9.59 Å². The molecule has 0 saturated carbocycles. The lowest BCUT2D eigenvalue weighted by Gasteiger charge is -2.17. The van der Waals surface area contributed by atoms with Crippen LogP contribution in [0, 0.1) is 24.2 Å². The van der Waals surface area contributed by atoms with Gasteiger partial charge in [0.05, 0.1) is 12.0 Å². The maximum absolute atomic E-state index is 12.0. The van der Waals surface area contributed by atoms with Crippen molar-refractivity contribution in [2.45, 2.75) is 26.3 Å². The largest absolute Gasteiger partial charge is 0.340 e. The normalized spacial score (nSPS) is 19.6. The molecule has 0 spiro atoms. The van der Waals surface area contributed by atoms with Crippen molar-refractivity contribution in [3.8, 4) is 6.07 Å². The van der Waals surface area contributed by atoms with Crippen LogP contribution in [0.15, 0.2) is 24.3 Å². The molecule has 1 N–H and O–H groups in total. The predicted octanol–water partition coefficient (Wildman–Crippen LogP) is 1.38. The van der Waals surface area contributed by atoms with Crippen LogP contribution >= 0.6 is 0 Å². The van der Waals surface area contributed by atoms with Crippen molar-refractivity contribution in [2.24, 2.45) is 5.92 Å². The molecule has 1 aromatic rings. The molecule has 1 aromatic carbocycles. The highest BCUT2D eigenvalue weighted by molar-refractivity contribution is 6.00. The average Bonchev–Trinajstić information content (AvgIpc) is 2.81. The summed E-state index contributed by atoms with van der Waals surface area (Å²) in [5.74, 6) is -0.680. The summed E-state index contributed by atoms with van der Waals surface area (Å²) in [6.45, 7) is 3.97. The van der Waals surface area contributed by atoms with E-state index in [9.17, 15) is 9.59 Å². The van der Waals surface area contributed by atoms with Gasteiger partial charge >= 0.3 is 0 Å². The number of rotatable bonds is 3. The van der Waals surface area contributed by atoms with Gasteiger partial charge in [0, 0.05) is 18.7 Å². The van der Waals surface area contributed by atoms with Gasteiger partial charge in [0.2, 0.25) is 11.8 Å². The van der Waals surface area contributed by atoms with E-state index >= 15 is 0 Å². The second-order valence-corrected chi connectivity index (χ2v) is 5.10. The average molecular weight is 271 g/mol. The van der Waals surface area contributed by atoms with E-state index in [1.807, 2.05) is 37.3 Å². The SMILES string of the molecule is Cc1ccc(N2C[C@@H](C(=O)N[C@H](C)C#N)CC2=O)cc1. The highest BCUT2D eigenvalue weighted by Gasteiger charge is 2.35. The number of anilines is 1. The van der Waals surface area contributed by atoms with Gasteiger partial charge in [-0.15, -0.1) is 0 Å². The van der Waals surface area contributed by atoms with Crippen LogP contribution in [0.3, 0.4) is 0 Å². The van der Waals surface area contributed by atoms with E-state index in [0.29, 0.717) is 6.54 Å². The molecule has 1 fully saturated rings. The van der Waals surface area contributed by atoms with Crippen molar-refractivity contribution >= 4 is 17.5 Å². The number of benzene rings is 1. The van der Waals surface area contributed by atoms with Crippen molar-refractivity contribution in [3.63, 3.8) is 0 Å². The summed E-state index contributed by atoms with van der Waals surface area (Å²) >= 11 is 0. The third-order valence-electron chi connectivity index (χ3n) is 3.39. The summed E-state index contributed by atoms with van der Waals surface area (Å²) in [5.41, 5.74) is 1.93. The maximum Gasteiger partial charge on any atom is 0.227 e. The molecule has 1 aliphatic rings. The molecular formula is C15H17N3O2. The Labute approximate surface area is 118 Å². The molecule has 5 nitrogen and oxygen atoms in total. The Balaban J connectivity index is 2.06. The lowest BCUT2D eigenvalue weighted by atomic mass is 10.1. The van der Waals surface area contributed by atoms with Gasteiger partial charge in [0.1, 0.15) is 6.04 Å². The summed E-state index contributed by atoms with van der Waals surface area (Å²) in [6.07, 6.45) is 0.192. The minimum atomic E-state index is -0.536. The third-order valence-corrected chi connectivity index (χ3v) is 3.39. The molecule has 104 valence electrons. The number of nitriles is 1. The number of amides is 2. The molecule has 1 aliphatic heterocycles. The van der Waals surface area contributed by atoms with E-state index < -0.39 is 6.04 Å². The van der Waals surface area contributed by atoms with Crippen LogP contribution in [0.1, 0.15) is 18.9 Å². The standard InChI is InChI=1S/C15H17N3O2/c1-10-3-5-13(6-4-10)18-9-12(7-14(18)19)15(20)17-11(2)8-16/h3-6,11-12H,7,9H2,1-2H3,(H,17,20)/t11-,12+/m1/s1. The molecule has 0 bridgehead atoms. The topological polar surface area (TPSA) is 73.2 Å². The van der Waals surface area contributed by atoms with Crippen LogP contribution in [0.25, 0.3) is 0 Å². The number of hydrogen-bond acceptors (Lipinski definition) is 3. The van der Waals surface area contributed by atoms with Crippen molar-refractivity contribution in [2.75, 3.05) is 11.4 Å². The molecule has 2 amide bonds. The molecule has 0 aromatic heterocycles. The molecule has 2 rings (SSSR count). The van der Waals surface area contributed by atoms with Gasteiger partial charge < -0.3 is 10.2 Å². The fourth-order valence-corrected chi connectivity index (χ4v) is 2.22. The van der Waals surface area contributed by atoms with Gasteiger partial charge in [-0.1, -0.05) is 17.7 Å². The number of carbonyl (C=O) groups is 2. The first-order valence-corrected chi connectivity index (χ1v) is 6.58. The Morgan fingerprint density at radius 1 is 1.45 bits per heavy atom. The summed E-state index contributed by atoms with van der Waals surface area (Å²) in [7, 11) is 0. The summed E-state index contributed by atoms with van der Waals surface area (Å²) in [6, 6.07) is 9.05. The Bertz CT molecular complexity index is 559. The van der Waals surface area contributed by atoms with Gasteiger partial charge in [-0.05, 0) is 26.0 Å². The van der Waals surface area contributed by atoms with Gasteiger partial charge in [0.15, 0.2) is 0 Å². The van der Waals surface area contributed by atoms with Crippen LogP contribution in [0.4, 0.5) is 5.69 Å². The van der Waals surface area contributed by atoms with E-state index in [0.717, 1.165) is 11.3 Å². The van der Waals surface area contributed by atoms with Crippen LogP contribution in [0.5, 0.6) is 0 Å². The number of nitrogens with zero attached hydrogens (tertiary/aromatic N) is 2. The third kappa shape index (κ3) is 2.97. The molecule has 0 radical (unpaired) electrons. The van der Waals surface area contributed by atoms with E-state index in [4.69, 9.17) is 5.26 Å². The Kier molecular flexibility index (Phi) is 4.04. The van der Waals surface area contributed by atoms with Crippen molar-refractivity contribution in [3.05, 3.63) is 29.8 Å². The molecule has 20 heavy (non-hydrogen) atoms. The van der Waals surface area contributed by atoms with Gasteiger partial charge in [-0.25, -0.2) is 0 Å². The van der Waals surface area contributed by atoms with Crippen molar-refractivity contribution in [1.82, 2.24) is 5.32 Å². The van der Waals surface area contributed by atoms with Gasteiger partial charge in [-0.3, -0.25) is 9.59 Å². The fourth-order valence-electron chi connectivity index (χ4n) is 2.22. The molecule has 1 heterocycles. The first-order chi connectivity index (χ1) is 9.51. The molecule has 1 saturated heterocycles. The second kappa shape index (κ2) is 5.74. The smallest absolute Gasteiger partial charge is 0.227 e. The Morgan fingerprint density at radius 2 is 2.10 bits per heavy atom. The van der Waals surface area contributed by atoms with Crippen LogP contribution in [0.2, 0.25) is 0 Å². The summed E-state index contributed by atoms with van der Waals surface area (Å²) in [4.78, 5) is 25.6. The van der Waals surface area contributed by atoms with E-state index in [1.54, 1.807) is 11.8 Å². The van der Waals surface area contributed by atoms with Gasteiger partial charge in [0.25, 0.3) is 0 Å². The Hall–Kier alpha value is -2.35. The molecule has 2 atom stereocenters. The van der Waals surface area contributed by atoms with E-state index in [-0.39, 0.29) is 24.2 Å². The van der Waals surface area contributed by atoms with Crippen molar-refractivity contribution < 1.29 is 9.59 Å². The zero-order valence-electron chi connectivity index (χ0n) is 11.6. The van der Waals surface area contributed by atoms with Crippen LogP contribution < -0.4 is 10.2 Å². The van der Waals surface area contributed by atoms with Crippen LogP contribution in [-0.4, -0.2) is 24.4 Å². The fraction of sp³-hybridized carbons (Fsp3) is 0.400. The second-order valence-electron chi connectivity index (χ2n) is 5.10. The summed E-state index contributed by atoms with van der Waals surface area (Å²) < 4.78 is 0. The van der Waals surface area contributed by atoms with E-state index in [2.05, 4.69) is 5.32 Å². The molecule has 5 heteroatoms. The number of carbonyl (C=O) groups excluding carboxylic acids is 2. The highest BCUT2D eigenvalue weighted by Crippen LogP contribution is 2.25. The first kappa shape index (κ1) is 14.1. The molecular weight excluding hydrogens is 254 g/mol. The monoisotopic (exact) mass is 271 g/mol. The summed E-state index contributed by atoms with van der Waals surface area (Å²) in [5, 5.41) is 11.3. The number of nitrogens with one attached hydrogen (secondary N) is 1. The molecule has 0 unspecified atom stereocenters. The first-order valence-electron chi connectivity index (χ1n) is 6.58. The van der Waals surface area contributed by atoms with E-state index in [1.165, 1.54) is 0 Å². The zero-order valence-corrected chi connectivity index (χ0v) is 11.6. The highest BCUT2D eigenvalue weighted by atomic mass is 16.2. The minimum Gasteiger partial charge on any atom is -0.340 e. The van der Waals surface area contributed by atoms with Crippen molar-refractivity contribution in [1.29, 1.82) is 5.26 Å². The lowest BCUT2D eigenvalue weighted by Crippen LogP contribution is -2.37. The van der Waals surface area contributed by atoms with Gasteiger partial charge in [-0.2, -0.15) is 5.26 Å². The zero-order chi connectivity index (χ0) is 14.7. The quantitative estimate of drug-likeness (QED) is 0.902. The Morgan fingerprint density at radius 3 is 2.70 bits per heavy atom. The minimum absolute atomic E-state index is 0.0568. The maximum atomic E-state index is 12.0.